The van der Waals surface area contributed by atoms with Gasteiger partial charge in [-0.2, -0.15) is 5.10 Å². The van der Waals surface area contributed by atoms with Crippen LogP contribution in [0.5, 0.6) is 5.88 Å². The molecule has 170 valence electrons. The van der Waals surface area contributed by atoms with Gasteiger partial charge in [0.15, 0.2) is 11.5 Å². The fraction of sp³-hybridized carbons (Fsp3) is 0.375. The highest BCUT2D eigenvalue weighted by Crippen LogP contribution is 2.38. The largest absolute Gasteiger partial charge is 0.479 e. The van der Waals surface area contributed by atoms with Gasteiger partial charge in [-0.1, -0.05) is 12.1 Å². The first-order chi connectivity index (χ1) is 15.9. The zero-order valence-electron chi connectivity index (χ0n) is 19.3. The van der Waals surface area contributed by atoms with E-state index in [9.17, 15) is 4.79 Å². The molecule has 1 amide bonds. The Morgan fingerprint density at radius 1 is 1.27 bits per heavy atom. The summed E-state index contributed by atoms with van der Waals surface area (Å²) in [6.07, 6.45) is 3.25. The van der Waals surface area contributed by atoms with E-state index in [-0.39, 0.29) is 5.91 Å². The molecule has 0 aliphatic heterocycles. The van der Waals surface area contributed by atoms with E-state index in [4.69, 9.17) is 9.72 Å². The van der Waals surface area contributed by atoms with Crippen LogP contribution in [0.3, 0.4) is 0 Å². The van der Waals surface area contributed by atoms with Gasteiger partial charge in [0, 0.05) is 36.3 Å². The summed E-state index contributed by atoms with van der Waals surface area (Å²) in [4.78, 5) is 22.0. The van der Waals surface area contributed by atoms with Crippen LogP contribution >= 0.6 is 0 Å². The molecule has 33 heavy (non-hydrogen) atoms. The van der Waals surface area contributed by atoms with Gasteiger partial charge < -0.3 is 10.1 Å². The van der Waals surface area contributed by atoms with Gasteiger partial charge in [0.05, 0.1) is 12.5 Å². The van der Waals surface area contributed by atoms with Gasteiger partial charge in [0.25, 0.3) is 0 Å². The predicted molar refractivity (Wildman–Crippen MR) is 125 cm³/mol. The van der Waals surface area contributed by atoms with Gasteiger partial charge in [0.2, 0.25) is 11.8 Å². The predicted octanol–water partition coefficient (Wildman–Crippen LogP) is 3.83. The van der Waals surface area contributed by atoms with Crippen LogP contribution in [0.15, 0.2) is 24.3 Å². The molecule has 2 N–H and O–H groups in total. The molecule has 1 aliphatic rings. The summed E-state index contributed by atoms with van der Waals surface area (Å²) < 4.78 is 7.15. The molecule has 1 aromatic carbocycles. The fourth-order valence-electron chi connectivity index (χ4n) is 4.25. The highest BCUT2D eigenvalue weighted by atomic mass is 16.5. The first-order valence-electron chi connectivity index (χ1n) is 11.1. The van der Waals surface area contributed by atoms with Gasteiger partial charge in [-0.05, 0) is 56.4 Å². The summed E-state index contributed by atoms with van der Waals surface area (Å²) in [6.45, 7) is 4.00. The highest BCUT2D eigenvalue weighted by Gasteiger charge is 2.27. The number of nitrogens with one attached hydrogen (secondary N) is 2. The lowest BCUT2D eigenvalue weighted by Gasteiger charge is -2.11. The Morgan fingerprint density at radius 3 is 2.85 bits per heavy atom. The van der Waals surface area contributed by atoms with Crippen LogP contribution in [0, 0.1) is 13.8 Å². The molecule has 9 nitrogen and oxygen atoms in total. The van der Waals surface area contributed by atoms with Crippen LogP contribution < -0.4 is 10.1 Å². The van der Waals surface area contributed by atoms with Crippen molar-refractivity contribution in [2.75, 3.05) is 12.4 Å². The minimum Gasteiger partial charge on any atom is -0.479 e. The van der Waals surface area contributed by atoms with Crippen molar-refractivity contribution in [1.29, 1.82) is 0 Å². The van der Waals surface area contributed by atoms with Gasteiger partial charge in [-0.3, -0.25) is 9.89 Å². The van der Waals surface area contributed by atoms with Gasteiger partial charge in [-0.15, -0.1) is 5.10 Å². The zero-order valence-corrected chi connectivity index (χ0v) is 19.3. The number of methoxy groups -OCH3 is 1. The lowest BCUT2D eigenvalue weighted by Crippen LogP contribution is -2.13. The van der Waals surface area contributed by atoms with Crippen molar-refractivity contribution in [3.05, 3.63) is 46.9 Å². The molecule has 3 heterocycles. The third kappa shape index (κ3) is 4.06. The van der Waals surface area contributed by atoms with E-state index < -0.39 is 0 Å². The molecule has 1 aliphatic carbocycles. The van der Waals surface area contributed by atoms with Crippen molar-refractivity contribution < 1.29 is 9.53 Å². The van der Waals surface area contributed by atoms with Crippen LogP contribution in [0.2, 0.25) is 0 Å². The maximum atomic E-state index is 12.7. The van der Waals surface area contributed by atoms with Crippen LogP contribution in [-0.4, -0.2) is 43.0 Å². The summed E-state index contributed by atoms with van der Waals surface area (Å²) in [5.41, 5.74) is 5.38. The molecular weight excluding hydrogens is 418 g/mol. The van der Waals surface area contributed by atoms with E-state index in [2.05, 4.69) is 25.6 Å². The second-order valence-corrected chi connectivity index (χ2v) is 8.58. The normalized spacial score (nSPS) is 13.5. The Balaban J connectivity index is 1.29. The summed E-state index contributed by atoms with van der Waals surface area (Å²) >= 11 is 0. The summed E-state index contributed by atoms with van der Waals surface area (Å²) in [6, 6.07) is 7.63. The molecule has 0 radical (unpaired) electrons. The molecule has 0 saturated heterocycles. The number of hydrogen-bond donors (Lipinski definition) is 2. The number of carbonyl (C=O) groups excluding carboxylic acids is 1. The SMILES string of the molecule is COc1nn(C)c2nc(C)c(CCC(=O)Nc3cccc(-c4n[nH]c(C5CC5)n4)c3)c(C)c12. The van der Waals surface area contributed by atoms with Crippen LogP contribution in [0.4, 0.5) is 5.69 Å². The van der Waals surface area contributed by atoms with E-state index >= 15 is 0 Å². The fourth-order valence-corrected chi connectivity index (χ4v) is 4.25. The molecule has 1 saturated carbocycles. The molecule has 0 unspecified atom stereocenters. The molecular formula is C24H27N7O2. The monoisotopic (exact) mass is 445 g/mol. The van der Waals surface area contributed by atoms with Gasteiger partial charge >= 0.3 is 0 Å². The molecule has 3 aromatic heterocycles. The molecule has 0 bridgehead atoms. The summed E-state index contributed by atoms with van der Waals surface area (Å²) in [5, 5.41) is 15.6. The number of pyridine rings is 1. The number of rotatable bonds is 7. The van der Waals surface area contributed by atoms with Crippen LogP contribution in [-0.2, 0) is 18.3 Å². The van der Waals surface area contributed by atoms with Gasteiger partial charge in [-0.25, -0.2) is 14.6 Å². The number of H-pyrrole nitrogens is 1. The van der Waals surface area contributed by atoms with Crippen molar-refractivity contribution in [2.24, 2.45) is 7.05 Å². The number of aromatic amines is 1. The van der Waals surface area contributed by atoms with Crippen molar-refractivity contribution in [3.8, 4) is 17.3 Å². The third-order valence-corrected chi connectivity index (χ3v) is 6.19. The zero-order chi connectivity index (χ0) is 23.1. The number of fused-ring (bicyclic) bond motifs is 1. The quantitative estimate of drug-likeness (QED) is 0.447. The van der Waals surface area contributed by atoms with Crippen LogP contribution in [0.25, 0.3) is 22.4 Å². The number of anilines is 1. The molecule has 5 rings (SSSR count). The van der Waals surface area contributed by atoms with E-state index in [1.807, 2.05) is 45.2 Å². The lowest BCUT2D eigenvalue weighted by molar-refractivity contribution is -0.116. The number of carbonyl (C=O) groups is 1. The smallest absolute Gasteiger partial charge is 0.242 e. The molecule has 9 heteroatoms. The standard InChI is InChI=1S/C24H27N7O2/c1-13-18(14(2)25-23-20(13)24(33-4)30-31(23)3)10-11-19(32)26-17-7-5-6-16(12-17)22-27-21(28-29-22)15-8-9-15/h5-7,12,15H,8-11H2,1-4H3,(H,26,32)(H,27,28,29). The van der Waals surface area contributed by atoms with E-state index in [0.29, 0.717) is 30.5 Å². The Bertz CT molecular complexity index is 1350. The first-order valence-corrected chi connectivity index (χ1v) is 11.1. The first kappa shape index (κ1) is 21.1. The number of hydrogen-bond acceptors (Lipinski definition) is 6. The minimum atomic E-state index is -0.0575. The maximum absolute atomic E-state index is 12.7. The second kappa shape index (κ2) is 8.31. The highest BCUT2D eigenvalue weighted by molar-refractivity contribution is 5.92. The topological polar surface area (TPSA) is 111 Å². The van der Waals surface area contributed by atoms with Gasteiger partial charge in [0.1, 0.15) is 5.82 Å². The summed E-state index contributed by atoms with van der Waals surface area (Å²) in [5.74, 6) is 2.61. The van der Waals surface area contributed by atoms with Crippen molar-refractivity contribution in [2.45, 2.75) is 45.4 Å². The van der Waals surface area contributed by atoms with E-state index in [0.717, 1.165) is 44.9 Å². The molecule has 1 fully saturated rings. The maximum Gasteiger partial charge on any atom is 0.242 e. The Kier molecular flexibility index (Phi) is 5.32. The summed E-state index contributed by atoms with van der Waals surface area (Å²) in [7, 11) is 3.46. The average molecular weight is 446 g/mol. The molecule has 0 spiro atoms. The number of amides is 1. The number of ether oxygens (including phenoxy) is 1. The Hall–Kier alpha value is -3.75. The van der Waals surface area contributed by atoms with Crippen molar-refractivity contribution in [1.82, 2.24) is 29.9 Å². The lowest BCUT2D eigenvalue weighted by atomic mass is 10.00. The van der Waals surface area contributed by atoms with Crippen molar-refractivity contribution >= 4 is 22.6 Å². The van der Waals surface area contributed by atoms with Crippen molar-refractivity contribution in [3.63, 3.8) is 0 Å². The molecule has 4 aromatic rings. The third-order valence-electron chi connectivity index (χ3n) is 6.19. The number of aryl methyl sites for hydroxylation is 3. The average Bonchev–Trinajstić information content (AvgIpc) is 3.44. The number of benzene rings is 1. The Labute approximate surface area is 191 Å². The second-order valence-electron chi connectivity index (χ2n) is 8.58. The molecule has 0 atom stereocenters. The Morgan fingerprint density at radius 2 is 2.09 bits per heavy atom. The van der Waals surface area contributed by atoms with E-state index in [1.165, 1.54) is 12.8 Å². The minimum absolute atomic E-state index is 0.0575. The number of aromatic nitrogens is 6. The van der Waals surface area contributed by atoms with E-state index in [1.54, 1.807) is 11.8 Å². The number of nitrogens with zero attached hydrogens (tertiary/aromatic N) is 5. The van der Waals surface area contributed by atoms with Crippen LogP contribution in [0.1, 0.15) is 47.8 Å².